The summed E-state index contributed by atoms with van der Waals surface area (Å²) in [5.74, 6) is 0.774. The van der Waals surface area contributed by atoms with E-state index < -0.39 is 5.91 Å². The first kappa shape index (κ1) is 16.9. The third kappa shape index (κ3) is 4.74. The van der Waals surface area contributed by atoms with E-state index in [1.165, 1.54) is 5.56 Å². The van der Waals surface area contributed by atoms with Crippen LogP contribution < -0.4 is 15.2 Å². The van der Waals surface area contributed by atoms with Crippen molar-refractivity contribution >= 4 is 5.91 Å². The van der Waals surface area contributed by atoms with Crippen molar-refractivity contribution in [1.29, 1.82) is 0 Å². The number of carbonyl (C=O) groups is 1. The maximum atomic E-state index is 11.3. The van der Waals surface area contributed by atoms with Gasteiger partial charge in [-0.05, 0) is 35.2 Å². The van der Waals surface area contributed by atoms with Gasteiger partial charge < -0.3 is 15.2 Å². The monoisotopic (exact) mass is 313 g/mol. The van der Waals surface area contributed by atoms with Gasteiger partial charge in [-0.25, -0.2) is 0 Å². The predicted octanol–water partition coefficient (Wildman–Crippen LogP) is 3.54. The Bertz CT molecular complexity index is 657. The van der Waals surface area contributed by atoms with Gasteiger partial charge in [0.2, 0.25) is 0 Å². The van der Waals surface area contributed by atoms with Crippen molar-refractivity contribution in [3.8, 4) is 11.5 Å². The zero-order valence-electron chi connectivity index (χ0n) is 13.8. The Kier molecular flexibility index (Phi) is 5.27. The molecule has 0 saturated carbocycles. The van der Waals surface area contributed by atoms with Gasteiger partial charge in [0.05, 0.1) is 5.56 Å². The third-order valence-corrected chi connectivity index (χ3v) is 3.48. The lowest BCUT2D eigenvalue weighted by atomic mass is 9.87. The summed E-state index contributed by atoms with van der Waals surface area (Å²) in [6, 6.07) is 15.0. The minimum Gasteiger partial charge on any atom is -0.490 e. The summed E-state index contributed by atoms with van der Waals surface area (Å²) >= 11 is 0. The Hall–Kier alpha value is -2.49. The van der Waals surface area contributed by atoms with Crippen molar-refractivity contribution in [2.24, 2.45) is 5.73 Å². The average molecular weight is 313 g/mol. The lowest BCUT2D eigenvalue weighted by molar-refractivity contribution is 0.0995. The summed E-state index contributed by atoms with van der Waals surface area (Å²) in [5, 5.41) is 0. The molecule has 4 nitrogen and oxygen atoms in total. The molecule has 2 N–H and O–H groups in total. The SMILES string of the molecule is CC(C)(C)c1ccc(OCCOc2ccccc2C(N)=O)cc1. The van der Waals surface area contributed by atoms with Gasteiger partial charge in [0.1, 0.15) is 24.7 Å². The molecule has 2 rings (SSSR count). The number of para-hydroxylation sites is 1. The van der Waals surface area contributed by atoms with Crippen molar-refractivity contribution in [2.45, 2.75) is 26.2 Å². The van der Waals surface area contributed by atoms with Gasteiger partial charge >= 0.3 is 0 Å². The molecule has 0 aliphatic carbocycles. The van der Waals surface area contributed by atoms with E-state index in [1.807, 2.05) is 12.1 Å². The van der Waals surface area contributed by atoms with Crippen LogP contribution in [0.5, 0.6) is 11.5 Å². The fourth-order valence-electron chi connectivity index (χ4n) is 2.16. The fourth-order valence-corrected chi connectivity index (χ4v) is 2.16. The van der Waals surface area contributed by atoms with Crippen LogP contribution in [0.2, 0.25) is 0 Å². The summed E-state index contributed by atoms with van der Waals surface area (Å²) in [5.41, 5.74) is 7.07. The van der Waals surface area contributed by atoms with E-state index in [2.05, 4.69) is 32.9 Å². The smallest absolute Gasteiger partial charge is 0.252 e. The molecule has 0 atom stereocenters. The second-order valence-corrected chi connectivity index (χ2v) is 6.33. The van der Waals surface area contributed by atoms with Crippen LogP contribution in [0.15, 0.2) is 48.5 Å². The average Bonchev–Trinajstić information content (AvgIpc) is 2.51. The van der Waals surface area contributed by atoms with Gasteiger partial charge in [0, 0.05) is 0 Å². The molecule has 4 heteroatoms. The summed E-state index contributed by atoms with van der Waals surface area (Å²) in [6.07, 6.45) is 0. The third-order valence-electron chi connectivity index (χ3n) is 3.48. The van der Waals surface area contributed by atoms with E-state index in [0.29, 0.717) is 24.5 Å². The van der Waals surface area contributed by atoms with Crippen LogP contribution in [0, 0.1) is 0 Å². The number of primary amides is 1. The number of hydrogen-bond donors (Lipinski definition) is 1. The first-order valence-corrected chi connectivity index (χ1v) is 7.63. The van der Waals surface area contributed by atoms with Gasteiger partial charge in [0.25, 0.3) is 5.91 Å². The molecule has 0 unspecified atom stereocenters. The van der Waals surface area contributed by atoms with E-state index in [4.69, 9.17) is 15.2 Å². The first-order chi connectivity index (χ1) is 10.9. The molecule has 0 bridgehead atoms. The largest absolute Gasteiger partial charge is 0.490 e. The lowest BCUT2D eigenvalue weighted by Crippen LogP contribution is -2.15. The molecule has 0 fully saturated rings. The van der Waals surface area contributed by atoms with Gasteiger partial charge in [-0.2, -0.15) is 0 Å². The molecule has 0 spiro atoms. The highest BCUT2D eigenvalue weighted by molar-refractivity contribution is 5.95. The normalized spacial score (nSPS) is 11.1. The van der Waals surface area contributed by atoms with Crippen LogP contribution in [-0.4, -0.2) is 19.1 Å². The van der Waals surface area contributed by atoms with E-state index in [1.54, 1.807) is 24.3 Å². The minimum atomic E-state index is -0.501. The highest BCUT2D eigenvalue weighted by Crippen LogP contribution is 2.24. The first-order valence-electron chi connectivity index (χ1n) is 7.63. The molecule has 23 heavy (non-hydrogen) atoms. The van der Waals surface area contributed by atoms with E-state index >= 15 is 0 Å². The topological polar surface area (TPSA) is 61.6 Å². The Morgan fingerprint density at radius 1 is 0.957 bits per heavy atom. The van der Waals surface area contributed by atoms with Crippen molar-refractivity contribution in [3.05, 3.63) is 59.7 Å². The Labute approximate surface area is 137 Å². The number of nitrogens with two attached hydrogens (primary N) is 1. The fraction of sp³-hybridized carbons (Fsp3) is 0.316. The zero-order chi connectivity index (χ0) is 16.9. The van der Waals surface area contributed by atoms with Crippen molar-refractivity contribution in [2.75, 3.05) is 13.2 Å². The maximum absolute atomic E-state index is 11.3. The molecular weight excluding hydrogens is 290 g/mol. The molecule has 0 heterocycles. The quantitative estimate of drug-likeness (QED) is 0.830. The van der Waals surface area contributed by atoms with Gasteiger partial charge in [0.15, 0.2) is 0 Å². The summed E-state index contributed by atoms with van der Waals surface area (Å²) in [7, 11) is 0. The van der Waals surface area contributed by atoms with Crippen LogP contribution in [-0.2, 0) is 5.41 Å². The van der Waals surface area contributed by atoms with Crippen LogP contribution in [0.1, 0.15) is 36.7 Å². The Morgan fingerprint density at radius 2 is 1.57 bits per heavy atom. The molecule has 0 aliphatic heterocycles. The maximum Gasteiger partial charge on any atom is 0.252 e. The molecule has 2 aromatic carbocycles. The predicted molar refractivity (Wildman–Crippen MR) is 91.1 cm³/mol. The molecule has 0 saturated heterocycles. The highest BCUT2D eigenvalue weighted by Gasteiger charge is 2.13. The molecule has 0 aromatic heterocycles. The van der Waals surface area contributed by atoms with Gasteiger partial charge in [-0.15, -0.1) is 0 Å². The van der Waals surface area contributed by atoms with E-state index in [-0.39, 0.29) is 5.41 Å². The minimum absolute atomic E-state index is 0.125. The van der Waals surface area contributed by atoms with E-state index in [9.17, 15) is 4.79 Å². The second-order valence-electron chi connectivity index (χ2n) is 6.33. The number of carbonyl (C=O) groups excluding carboxylic acids is 1. The van der Waals surface area contributed by atoms with E-state index in [0.717, 1.165) is 5.75 Å². The number of hydrogen-bond acceptors (Lipinski definition) is 3. The van der Waals surface area contributed by atoms with Crippen molar-refractivity contribution in [3.63, 3.8) is 0 Å². The molecule has 0 radical (unpaired) electrons. The Morgan fingerprint density at radius 3 is 2.17 bits per heavy atom. The standard InChI is InChI=1S/C19H23NO3/c1-19(2,3)14-8-10-15(11-9-14)22-12-13-23-17-7-5-4-6-16(17)18(20)21/h4-11H,12-13H2,1-3H3,(H2,20,21). The summed E-state index contributed by atoms with van der Waals surface area (Å²) in [6.45, 7) is 7.25. The summed E-state index contributed by atoms with van der Waals surface area (Å²) in [4.78, 5) is 11.3. The lowest BCUT2D eigenvalue weighted by Gasteiger charge is -2.19. The second kappa shape index (κ2) is 7.18. The van der Waals surface area contributed by atoms with Crippen LogP contribution in [0.4, 0.5) is 0 Å². The zero-order valence-corrected chi connectivity index (χ0v) is 13.8. The molecule has 0 aliphatic rings. The van der Waals surface area contributed by atoms with Crippen molar-refractivity contribution < 1.29 is 14.3 Å². The number of amides is 1. The van der Waals surface area contributed by atoms with Crippen LogP contribution >= 0.6 is 0 Å². The number of benzene rings is 2. The van der Waals surface area contributed by atoms with Crippen LogP contribution in [0.3, 0.4) is 0 Å². The van der Waals surface area contributed by atoms with Crippen molar-refractivity contribution in [1.82, 2.24) is 0 Å². The molecule has 122 valence electrons. The molecule has 2 aromatic rings. The summed E-state index contributed by atoms with van der Waals surface area (Å²) < 4.78 is 11.2. The molecule has 1 amide bonds. The molecular formula is C19H23NO3. The number of rotatable bonds is 6. The number of ether oxygens (including phenoxy) is 2. The van der Waals surface area contributed by atoms with Gasteiger partial charge in [-0.3, -0.25) is 4.79 Å². The van der Waals surface area contributed by atoms with Gasteiger partial charge in [-0.1, -0.05) is 45.0 Å². The van der Waals surface area contributed by atoms with Crippen LogP contribution in [0.25, 0.3) is 0 Å². The Balaban J connectivity index is 1.85. The highest BCUT2D eigenvalue weighted by atomic mass is 16.5.